The molecule has 0 aliphatic carbocycles. The molecule has 0 spiro atoms. The van der Waals surface area contributed by atoms with Gasteiger partial charge in [-0.15, -0.1) is 0 Å². The molecule has 1 aliphatic heterocycles. The second kappa shape index (κ2) is 7.71. The van der Waals surface area contributed by atoms with Gasteiger partial charge in [0.05, 0.1) is 5.56 Å². The molecule has 0 bridgehead atoms. The lowest BCUT2D eigenvalue weighted by Crippen LogP contribution is -2.58. The Morgan fingerprint density at radius 3 is 2.54 bits per heavy atom. The van der Waals surface area contributed by atoms with Crippen LogP contribution in [0.1, 0.15) is 12.5 Å². The third kappa shape index (κ3) is 4.22. The molecule has 1 N–H and O–H groups in total. The Labute approximate surface area is 164 Å². The molecule has 5 nitrogen and oxygen atoms in total. The van der Waals surface area contributed by atoms with Crippen LogP contribution in [0.5, 0.6) is 0 Å². The second-order valence-corrected chi connectivity index (χ2v) is 6.78. The first-order valence-electron chi connectivity index (χ1n) is 8.48. The van der Waals surface area contributed by atoms with E-state index in [0.717, 1.165) is 12.1 Å². The molecule has 2 aromatic carbocycles. The topological polar surface area (TPSA) is 52.7 Å². The highest BCUT2D eigenvalue weighted by Crippen LogP contribution is 2.32. The number of carbonyl (C=O) groups excluding carboxylic acids is 2. The average molecular weight is 412 g/mol. The third-order valence-electron chi connectivity index (χ3n) is 4.48. The normalized spacial score (nSPS) is 17.6. The van der Waals surface area contributed by atoms with E-state index in [2.05, 4.69) is 5.32 Å². The van der Waals surface area contributed by atoms with E-state index >= 15 is 0 Å². The van der Waals surface area contributed by atoms with Crippen LogP contribution in [0.4, 0.5) is 29.3 Å². The fraction of sp³-hybridized carbons (Fsp3) is 0.263. The van der Waals surface area contributed by atoms with Gasteiger partial charge in [-0.05, 0) is 43.3 Å². The Balaban J connectivity index is 1.74. The Morgan fingerprint density at radius 1 is 1.14 bits per heavy atom. The van der Waals surface area contributed by atoms with Gasteiger partial charge in [-0.25, -0.2) is 4.79 Å². The molecule has 2 aromatic rings. The number of alkyl halides is 3. The molecule has 1 fully saturated rings. The number of rotatable bonds is 2. The number of hydrogen-bond acceptors (Lipinski definition) is 2. The zero-order valence-corrected chi connectivity index (χ0v) is 15.6. The van der Waals surface area contributed by atoms with Gasteiger partial charge in [0.2, 0.25) is 5.91 Å². The number of piperazine rings is 1. The molecule has 0 unspecified atom stereocenters. The monoisotopic (exact) mass is 411 g/mol. The number of carbonyl (C=O) groups is 2. The van der Waals surface area contributed by atoms with Crippen molar-refractivity contribution in [2.24, 2.45) is 0 Å². The smallest absolute Gasteiger partial charge is 0.311 e. The first-order valence-corrected chi connectivity index (χ1v) is 8.86. The summed E-state index contributed by atoms with van der Waals surface area (Å²) in [5.74, 6) is -0.452. The molecule has 28 heavy (non-hydrogen) atoms. The van der Waals surface area contributed by atoms with Crippen LogP contribution in [0.15, 0.2) is 48.5 Å². The van der Waals surface area contributed by atoms with Gasteiger partial charge in [-0.3, -0.25) is 4.79 Å². The van der Waals surface area contributed by atoms with Crippen molar-refractivity contribution in [2.75, 3.05) is 23.3 Å². The number of benzene rings is 2. The van der Waals surface area contributed by atoms with Gasteiger partial charge in [0, 0.05) is 29.5 Å². The Hall–Kier alpha value is -2.74. The van der Waals surface area contributed by atoms with E-state index in [0.29, 0.717) is 10.7 Å². The van der Waals surface area contributed by atoms with E-state index in [9.17, 15) is 22.8 Å². The molecular formula is C19H17ClF3N3O2. The molecule has 0 saturated carbocycles. The first kappa shape index (κ1) is 20.0. The van der Waals surface area contributed by atoms with Crippen molar-refractivity contribution in [1.29, 1.82) is 0 Å². The third-order valence-corrected chi connectivity index (χ3v) is 4.71. The van der Waals surface area contributed by atoms with E-state index in [1.54, 1.807) is 31.2 Å². The van der Waals surface area contributed by atoms with E-state index in [-0.39, 0.29) is 18.8 Å². The number of urea groups is 1. The summed E-state index contributed by atoms with van der Waals surface area (Å²) in [6.45, 7) is 1.81. The maximum absolute atomic E-state index is 12.9. The Morgan fingerprint density at radius 2 is 1.86 bits per heavy atom. The van der Waals surface area contributed by atoms with Crippen LogP contribution < -0.4 is 10.2 Å². The van der Waals surface area contributed by atoms with Crippen LogP contribution in [-0.2, 0) is 11.0 Å². The molecule has 1 saturated heterocycles. The summed E-state index contributed by atoms with van der Waals surface area (Å²) in [4.78, 5) is 27.8. The van der Waals surface area contributed by atoms with Crippen LogP contribution >= 0.6 is 11.6 Å². The molecule has 148 valence electrons. The predicted molar refractivity (Wildman–Crippen MR) is 100 cm³/mol. The summed E-state index contributed by atoms with van der Waals surface area (Å²) in [5, 5.41) is 3.12. The summed E-state index contributed by atoms with van der Waals surface area (Å²) in [6, 6.07) is 9.86. The molecular weight excluding hydrogens is 395 g/mol. The molecule has 3 amide bonds. The van der Waals surface area contributed by atoms with Crippen LogP contribution in [0.2, 0.25) is 5.02 Å². The maximum Gasteiger partial charge on any atom is 0.416 e. The SMILES string of the molecule is C[C@@H]1C(=O)N(c2cccc(C(F)(F)F)c2)CCN1C(=O)Nc1cccc(Cl)c1. The maximum atomic E-state index is 12.9. The predicted octanol–water partition coefficient (Wildman–Crippen LogP) is 4.63. The van der Waals surface area contributed by atoms with Crippen LogP contribution in [0, 0.1) is 0 Å². The molecule has 1 heterocycles. The summed E-state index contributed by atoms with van der Waals surface area (Å²) in [6.07, 6.45) is -4.50. The van der Waals surface area contributed by atoms with Crippen LogP contribution in [0.25, 0.3) is 0 Å². The van der Waals surface area contributed by atoms with Gasteiger partial charge >= 0.3 is 12.2 Å². The Bertz CT molecular complexity index is 904. The zero-order chi connectivity index (χ0) is 20.5. The number of hydrogen-bond donors (Lipinski definition) is 1. The van der Waals surface area contributed by atoms with Crippen molar-refractivity contribution in [3.8, 4) is 0 Å². The lowest BCUT2D eigenvalue weighted by molar-refractivity contribution is -0.137. The minimum Gasteiger partial charge on any atom is -0.311 e. The lowest BCUT2D eigenvalue weighted by atomic mass is 10.1. The fourth-order valence-electron chi connectivity index (χ4n) is 3.02. The van der Waals surface area contributed by atoms with Gasteiger partial charge in [0.1, 0.15) is 6.04 Å². The molecule has 0 radical (unpaired) electrons. The Kier molecular flexibility index (Phi) is 5.51. The van der Waals surface area contributed by atoms with Gasteiger partial charge in [0.15, 0.2) is 0 Å². The minimum absolute atomic E-state index is 0.0907. The van der Waals surface area contributed by atoms with Gasteiger partial charge in [0.25, 0.3) is 0 Å². The van der Waals surface area contributed by atoms with E-state index in [4.69, 9.17) is 11.6 Å². The molecule has 1 aliphatic rings. The van der Waals surface area contributed by atoms with Crippen molar-refractivity contribution in [1.82, 2.24) is 4.90 Å². The second-order valence-electron chi connectivity index (χ2n) is 6.35. The highest BCUT2D eigenvalue weighted by atomic mass is 35.5. The van der Waals surface area contributed by atoms with Gasteiger partial charge in [-0.1, -0.05) is 23.7 Å². The summed E-state index contributed by atoms with van der Waals surface area (Å²) >= 11 is 5.89. The number of halogens is 4. The number of nitrogens with one attached hydrogen (secondary N) is 1. The van der Waals surface area contributed by atoms with Crippen molar-refractivity contribution in [3.05, 3.63) is 59.1 Å². The standard InChI is InChI=1S/C19H17ClF3N3O2/c1-12-17(27)26(16-7-2-4-13(10-16)19(21,22)23)9-8-25(12)18(28)24-15-6-3-5-14(20)11-15/h2-7,10-12H,8-9H2,1H3,(H,24,28)/t12-/m1/s1. The van der Waals surface area contributed by atoms with Crippen molar-refractivity contribution < 1.29 is 22.8 Å². The van der Waals surface area contributed by atoms with E-state index < -0.39 is 29.7 Å². The fourth-order valence-corrected chi connectivity index (χ4v) is 3.21. The number of amides is 3. The highest BCUT2D eigenvalue weighted by Gasteiger charge is 2.36. The average Bonchev–Trinajstić information content (AvgIpc) is 2.63. The van der Waals surface area contributed by atoms with Crippen LogP contribution in [0.3, 0.4) is 0 Å². The van der Waals surface area contributed by atoms with Crippen molar-refractivity contribution >= 4 is 34.9 Å². The molecule has 0 aromatic heterocycles. The lowest BCUT2D eigenvalue weighted by Gasteiger charge is -2.39. The van der Waals surface area contributed by atoms with Crippen LogP contribution in [-0.4, -0.2) is 36.0 Å². The van der Waals surface area contributed by atoms with Gasteiger partial charge in [-0.2, -0.15) is 13.2 Å². The highest BCUT2D eigenvalue weighted by molar-refractivity contribution is 6.30. The van der Waals surface area contributed by atoms with Gasteiger partial charge < -0.3 is 15.1 Å². The number of nitrogens with zero attached hydrogens (tertiary/aromatic N) is 2. The molecule has 3 rings (SSSR count). The van der Waals surface area contributed by atoms with Crippen molar-refractivity contribution in [3.63, 3.8) is 0 Å². The molecule has 1 atom stereocenters. The summed E-state index contributed by atoms with van der Waals surface area (Å²) in [7, 11) is 0. The quantitative estimate of drug-likeness (QED) is 0.783. The first-order chi connectivity index (χ1) is 13.2. The van der Waals surface area contributed by atoms with E-state index in [1.807, 2.05) is 0 Å². The molecule has 9 heteroatoms. The minimum atomic E-state index is -4.50. The largest absolute Gasteiger partial charge is 0.416 e. The number of anilines is 2. The summed E-state index contributed by atoms with van der Waals surface area (Å²) in [5.41, 5.74) is -0.189. The summed E-state index contributed by atoms with van der Waals surface area (Å²) < 4.78 is 38.8. The van der Waals surface area contributed by atoms with E-state index in [1.165, 1.54) is 21.9 Å². The zero-order valence-electron chi connectivity index (χ0n) is 14.8. The van der Waals surface area contributed by atoms with Crippen molar-refractivity contribution in [2.45, 2.75) is 19.1 Å².